The molecule has 9 heteroatoms. The third-order valence-electron chi connectivity index (χ3n) is 5.74. The van der Waals surface area contributed by atoms with E-state index in [2.05, 4.69) is 4.98 Å². The van der Waals surface area contributed by atoms with Crippen molar-refractivity contribution in [2.24, 2.45) is 5.92 Å². The molecule has 1 aromatic heterocycles. The molecule has 0 radical (unpaired) electrons. The molecule has 0 aliphatic rings. The number of carbonyl (C=O) groups is 1. The van der Waals surface area contributed by atoms with Gasteiger partial charge in [0.1, 0.15) is 5.75 Å². The van der Waals surface area contributed by atoms with Gasteiger partial charge in [0.15, 0.2) is 0 Å². The van der Waals surface area contributed by atoms with Crippen LogP contribution in [-0.2, 0) is 33.4 Å². The molecule has 0 bridgehead atoms. The Morgan fingerprint density at radius 2 is 1.72 bits per heavy atom. The fourth-order valence-corrected chi connectivity index (χ4v) is 5.45. The summed E-state index contributed by atoms with van der Waals surface area (Å²) in [6.45, 7) is 7.37. The summed E-state index contributed by atoms with van der Waals surface area (Å²) in [6, 6.07) is 14.4. The molecule has 0 aliphatic heterocycles. The Labute approximate surface area is 213 Å². The summed E-state index contributed by atoms with van der Waals surface area (Å²) < 4.78 is 38.8. The van der Waals surface area contributed by atoms with Gasteiger partial charge in [-0.25, -0.2) is 13.4 Å². The second kappa shape index (κ2) is 12.2. The molecule has 3 rings (SSSR count). The fourth-order valence-electron chi connectivity index (χ4n) is 3.93. The van der Waals surface area contributed by atoms with Crippen LogP contribution >= 0.6 is 0 Å². The summed E-state index contributed by atoms with van der Waals surface area (Å²) in [4.78, 5) is 19.4. The summed E-state index contributed by atoms with van der Waals surface area (Å²) in [5.41, 5.74) is 2.93. The minimum absolute atomic E-state index is 0.0171. The van der Waals surface area contributed by atoms with Crippen LogP contribution in [0.5, 0.6) is 5.75 Å². The summed E-state index contributed by atoms with van der Waals surface area (Å²) in [6.07, 6.45) is 1.55. The Kier molecular flexibility index (Phi) is 9.28. The maximum absolute atomic E-state index is 13.4. The molecule has 0 N–H and O–H groups in total. The lowest BCUT2D eigenvalue weighted by atomic mass is 10.1. The zero-order chi connectivity index (χ0) is 26.3. The zero-order valence-corrected chi connectivity index (χ0v) is 22.4. The van der Waals surface area contributed by atoms with Gasteiger partial charge in [0, 0.05) is 25.8 Å². The lowest BCUT2D eigenvalue weighted by molar-refractivity contribution is 0.0717. The zero-order valence-electron chi connectivity index (χ0n) is 21.6. The number of rotatable bonds is 12. The van der Waals surface area contributed by atoms with Crippen molar-refractivity contribution in [1.82, 2.24) is 14.5 Å². The predicted molar refractivity (Wildman–Crippen MR) is 139 cm³/mol. The van der Waals surface area contributed by atoms with Crippen molar-refractivity contribution in [3.63, 3.8) is 0 Å². The molecule has 0 fully saturated rings. The summed E-state index contributed by atoms with van der Waals surface area (Å²) in [7, 11) is -0.585. The monoisotopic (exact) mass is 513 g/mol. The minimum Gasteiger partial charge on any atom is -0.497 e. The van der Waals surface area contributed by atoms with Crippen LogP contribution in [0.2, 0.25) is 0 Å². The number of amides is 1. The summed E-state index contributed by atoms with van der Waals surface area (Å²) in [5.74, 6) is 0.585. The van der Waals surface area contributed by atoms with Gasteiger partial charge in [-0.3, -0.25) is 4.79 Å². The van der Waals surface area contributed by atoms with Gasteiger partial charge >= 0.3 is 0 Å². The van der Waals surface area contributed by atoms with E-state index in [1.165, 1.54) is 0 Å². The van der Waals surface area contributed by atoms with Gasteiger partial charge in [0.25, 0.3) is 5.91 Å². The SMILES string of the molecule is COCCn1c(CN(CC(C)C)C(=O)c2ccc(OC)cc2)cnc1S(=O)(=O)Cc1ccc(C)cc1. The number of benzene rings is 2. The smallest absolute Gasteiger partial charge is 0.254 e. The Hall–Kier alpha value is -3.17. The van der Waals surface area contributed by atoms with Crippen LogP contribution in [-0.4, -0.2) is 56.1 Å². The van der Waals surface area contributed by atoms with Gasteiger partial charge < -0.3 is 18.9 Å². The van der Waals surface area contributed by atoms with Crippen molar-refractivity contribution >= 4 is 15.7 Å². The lowest BCUT2D eigenvalue weighted by Crippen LogP contribution is -2.34. The minimum atomic E-state index is -3.73. The van der Waals surface area contributed by atoms with Gasteiger partial charge in [-0.2, -0.15) is 0 Å². The quantitative estimate of drug-likeness (QED) is 0.362. The van der Waals surface area contributed by atoms with Crippen molar-refractivity contribution in [3.05, 3.63) is 77.1 Å². The Morgan fingerprint density at radius 3 is 2.31 bits per heavy atom. The third-order valence-corrected chi connectivity index (χ3v) is 7.33. The molecule has 1 heterocycles. The van der Waals surface area contributed by atoms with E-state index >= 15 is 0 Å². The molecular weight excluding hydrogens is 478 g/mol. The molecule has 0 aliphatic carbocycles. The van der Waals surface area contributed by atoms with Gasteiger partial charge in [0.05, 0.1) is 37.9 Å². The Balaban J connectivity index is 1.93. The highest BCUT2D eigenvalue weighted by Crippen LogP contribution is 2.21. The summed E-state index contributed by atoms with van der Waals surface area (Å²) >= 11 is 0. The van der Waals surface area contributed by atoms with E-state index in [-0.39, 0.29) is 29.3 Å². The van der Waals surface area contributed by atoms with E-state index in [0.717, 1.165) is 5.56 Å². The van der Waals surface area contributed by atoms with E-state index in [0.29, 0.717) is 42.3 Å². The number of nitrogens with zero attached hydrogens (tertiary/aromatic N) is 3. The van der Waals surface area contributed by atoms with Crippen LogP contribution in [0.1, 0.15) is 41.0 Å². The topological polar surface area (TPSA) is 90.7 Å². The Bertz CT molecular complexity index is 1250. The normalized spacial score (nSPS) is 11.6. The highest BCUT2D eigenvalue weighted by Gasteiger charge is 2.26. The molecule has 0 atom stereocenters. The first-order valence-corrected chi connectivity index (χ1v) is 13.5. The molecule has 8 nitrogen and oxygen atoms in total. The third kappa shape index (κ3) is 6.95. The average Bonchev–Trinajstić information content (AvgIpc) is 3.26. The van der Waals surface area contributed by atoms with Gasteiger partial charge in [-0.05, 0) is 42.7 Å². The molecule has 0 spiro atoms. The molecule has 2 aromatic carbocycles. The van der Waals surface area contributed by atoms with Crippen molar-refractivity contribution in [3.8, 4) is 5.75 Å². The number of ether oxygens (including phenoxy) is 2. The number of hydrogen-bond donors (Lipinski definition) is 0. The maximum atomic E-state index is 13.4. The van der Waals surface area contributed by atoms with Crippen LogP contribution in [0.15, 0.2) is 59.9 Å². The second-order valence-corrected chi connectivity index (χ2v) is 11.1. The van der Waals surface area contributed by atoms with Crippen molar-refractivity contribution in [1.29, 1.82) is 0 Å². The average molecular weight is 514 g/mol. The first kappa shape index (κ1) is 27.4. The standard InChI is InChI=1S/C27H35N3O5S/c1-20(2)17-29(26(31)23-10-12-25(35-5)13-11-23)18-24-16-28-27(30(24)14-15-34-4)36(32,33)19-22-8-6-21(3)7-9-22/h6-13,16,20H,14-15,17-19H2,1-5H3. The van der Waals surface area contributed by atoms with Crippen LogP contribution in [0, 0.1) is 12.8 Å². The predicted octanol–water partition coefficient (Wildman–Crippen LogP) is 4.12. The molecule has 3 aromatic rings. The first-order valence-electron chi connectivity index (χ1n) is 11.9. The Morgan fingerprint density at radius 1 is 1.06 bits per heavy atom. The van der Waals surface area contributed by atoms with E-state index in [9.17, 15) is 13.2 Å². The molecule has 36 heavy (non-hydrogen) atoms. The van der Waals surface area contributed by atoms with Crippen molar-refractivity contribution in [2.45, 2.75) is 44.8 Å². The van der Waals surface area contributed by atoms with Crippen molar-refractivity contribution in [2.75, 3.05) is 27.4 Å². The van der Waals surface area contributed by atoms with E-state index < -0.39 is 9.84 Å². The fraction of sp³-hybridized carbons (Fsp3) is 0.407. The molecule has 0 unspecified atom stereocenters. The lowest BCUT2D eigenvalue weighted by Gasteiger charge is -2.25. The molecule has 194 valence electrons. The van der Waals surface area contributed by atoms with Crippen molar-refractivity contribution < 1.29 is 22.7 Å². The maximum Gasteiger partial charge on any atom is 0.254 e. The summed E-state index contributed by atoms with van der Waals surface area (Å²) in [5, 5.41) is -0.0171. The number of carbonyl (C=O) groups excluding carboxylic acids is 1. The number of sulfone groups is 1. The first-order chi connectivity index (χ1) is 17.1. The van der Waals surface area contributed by atoms with E-state index in [1.807, 2.05) is 45.0 Å². The van der Waals surface area contributed by atoms with Crippen LogP contribution in [0.25, 0.3) is 0 Å². The van der Waals surface area contributed by atoms with Gasteiger partial charge in [-0.15, -0.1) is 0 Å². The van der Waals surface area contributed by atoms with Crippen LogP contribution < -0.4 is 4.74 Å². The molecule has 0 saturated heterocycles. The molecule has 1 amide bonds. The van der Waals surface area contributed by atoms with Gasteiger partial charge in [-0.1, -0.05) is 43.7 Å². The van der Waals surface area contributed by atoms with E-state index in [1.54, 1.807) is 54.1 Å². The highest BCUT2D eigenvalue weighted by molar-refractivity contribution is 7.90. The molecular formula is C27H35N3O5S. The number of imidazole rings is 1. The largest absolute Gasteiger partial charge is 0.497 e. The van der Waals surface area contributed by atoms with E-state index in [4.69, 9.17) is 9.47 Å². The number of aryl methyl sites for hydroxylation is 1. The highest BCUT2D eigenvalue weighted by atomic mass is 32.2. The number of methoxy groups -OCH3 is 2. The molecule has 0 saturated carbocycles. The number of hydrogen-bond acceptors (Lipinski definition) is 6. The van der Waals surface area contributed by atoms with Gasteiger partial charge in [0.2, 0.25) is 15.0 Å². The second-order valence-electron chi connectivity index (χ2n) is 9.23. The number of aromatic nitrogens is 2. The van der Waals surface area contributed by atoms with Crippen LogP contribution in [0.3, 0.4) is 0 Å². The van der Waals surface area contributed by atoms with Crippen LogP contribution in [0.4, 0.5) is 0 Å².